The minimum Gasteiger partial charge on any atom is -0.340 e. The summed E-state index contributed by atoms with van der Waals surface area (Å²) < 4.78 is 0. The molecule has 6 heteroatoms. The quantitative estimate of drug-likeness (QED) is 0.565. The maximum Gasteiger partial charge on any atom is 0.315 e. The number of carbonyl (C=O) groups excluding carboxylic acids is 1. The summed E-state index contributed by atoms with van der Waals surface area (Å²) in [5, 5.41) is 6.00. The Labute approximate surface area is 158 Å². The van der Waals surface area contributed by atoms with Crippen molar-refractivity contribution in [3.63, 3.8) is 0 Å². The van der Waals surface area contributed by atoms with E-state index >= 15 is 0 Å². The molecule has 0 saturated heterocycles. The molecule has 0 aliphatic heterocycles. The van der Waals surface area contributed by atoms with Crippen molar-refractivity contribution in [3.05, 3.63) is 66.0 Å². The van der Waals surface area contributed by atoms with Gasteiger partial charge in [0.05, 0.1) is 17.1 Å². The number of benzene rings is 2. The number of H-pyrrole nitrogens is 1. The molecule has 0 radical (unpaired) electrons. The van der Waals surface area contributed by atoms with Gasteiger partial charge in [-0.05, 0) is 42.5 Å². The molecule has 2 amide bonds. The Morgan fingerprint density at radius 1 is 1.15 bits per heavy atom. The van der Waals surface area contributed by atoms with Gasteiger partial charge in [0.1, 0.15) is 5.82 Å². The van der Waals surface area contributed by atoms with E-state index in [0.29, 0.717) is 6.54 Å². The lowest BCUT2D eigenvalue weighted by Gasteiger charge is -2.17. The van der Waals surface area contributed by atoms with Crippen LogP contribution in [0, 0.1) is 0 Å². The lowest BCUT2D eigenvalue weighted by molar-refractivity contribution is 0.236. The Kier molecular flexibility index (Phi) is 6.55. The van der Waals surface area contributed by atoms with E-state index in [-0.39, 0.29) is 12.1 Å². The molecule has 3 rings (SSSR count). The van der Waals surface area contributed by atoms with Crippen LogP contribution >= 0.6 is 11.8 Å². The number of rotatable bonds is 8. The van der Waals surface area contributed by atoms with Crippen molar-refractivity contribution >= 4 is 28.8 Å². The van der Waals surface area contributed by atoms with Crippen molar-refractivity contribution in [2.24, 2.45) is 0 Å². The second kappa shape index (κ2) is 9.29. The SMILES string of the molecule is CSCCC(NC(=O)NCCc1ccccc1)c1nc2ccccc2[nH]1. The lowest BCUT2D eigenvalue weighted by atomic mass is 10.1. The topological polar surface area (TPSA) is 69.8 Å². The van der Waals surface area contributed by atoms with Crippen LogP contribution in [-0.4, -0.2) is 34.6 Å². The number of nitrogens with zero attached hydrogens (tertiary/aromatic N) is 1. The molecule has 5 nitrogen and oxygen atoms in total. The number of thioether (sulfide) groups is 1. The summed E-state index contributed by atoms with van der Waals surface area (Å²) in [6, 6.07) is 17.8. The number of para-hydroxylation sites is 2. The van der Waals surface area contributed by atoms with Crippen LogP contribution in [0.3, 0.4) is 0 Å². The number of hydrogen-bond donors (Lipinski definition) is 3. The molecule has 1 unspecified atom stereocenters. The highest BCUT2D eigenvalue weighted by Gasteiger charge is 2.18. The molecule has 0 spiro atoms. The fourth-order valence-corrected chi connectivity index (χ4v) is 3.30. The van der Waals surface area contributed by atoms with E-state index in [2.05, 4.69) is 39.0 Å². The van der Waals surface area contributed by atoms with Crippen LogP contribution in [0.4, 0.5) is 4.79 Å². The van der Waals surface area contributed by atoms with Crippen molar-refractivity contribution in [1.82, 2.24) is 20.6 Å². The molecule has 3 N–H and O–H groups in total. The number of carbonyl (C=O) groups is 1. The molecular formula is C20H24N4OS. The van der Waals surface area contributed by atoms with Crippen molar-refractivity contribution in [3.8, 4) is 0 Å². The zero-order valence-corrected chi connectivity index (χ0v) is 15.7. The normalized spacial score (nSPS) is 12.0. The van der Waals surface area contributed by atoms with E-state index in [1.54, 1.807) is 11.8 Å². The number of imidazole rings is 1. The number of fused-ring (bicyclic) bond motifs is 1. The van der Waals surface area contributed by atoms with Gasteiger partial charge >= 0.3 is 6.03 Å². The summed E-state index contributed by atoms with van der Waals surface area (Å²) in [6.07, 6.45) is 3.71. The average Bonchev–Trinajstić information content (AvgIpc) is 3.10. The highest BCUT2D eigenvalue weighted by molar-refractivity contribution is 7.98. The molecule has 26 heavy (non-hydrogen) atoms. The summed E-state index contributed by atoms with van der Waals surface area (Å²) in [5.41, 5.74) is 3.12. The van der Waals surface area contributed by atoms with Crippen LogP contribution in [0.15, 0.2) is 54.6 Å². The largest absolute Gasteiger partial charge is 0.340 e. The number of hydrogen-bond acceptors (Lipinski definition) is 3. The van der Waals surface area contributed by atoms with Gasteiger partial charge < -0.3 is 15.6 Å². The van der Waals surface area contributed by atoms with E-state index in [9.17, 15) is 4.79 Å². The second-order valence-electron chi connectivity index (χ2n) is 6.11. The molecule has 3 aromatic rings. The molecule has 0 aliphatic carbocycles. The molecule has 1 heterocycles. The Balaban J connectivity index is 1.59. The van der Waals surface area contributed by atoms with Gasteiger partial charge in [-0.1, -0.05) is 42.5 Å². The van der Waals surface area contributed by atoms with Gasteiger partial charge in [-0.25, -0.2) is 9.78 Å². The maximum atomic E-state index is 12.3. The second-order valence-corrected chi connectivity index (χ2v) is 7.09. The standard InChI is InChI=1S/C20H24N4OS/c1-26-14-12-18(19-22-16-9-5-6-10-17(16)23-19)24-20(25)21-13-11-15-7-3-2-4-8-15/h2-10,18H,11-14H2,1H3,(H,22,23)(H2,21,24,25). The van der Waals surface area contributed by atoms with Gasteiger partial charge in [-0.15, -0.1) is 0 Å². The third kappa shape index (κ3) is 5.02. The number of aromatic amines is 1. The van der Waals surface area contributed by atoms with Gasteiger partial charge in [0.15, 0.2) is 0 Å². The number of urea groups is 1. The van der Waals surface area contributed by atoms with Crippen molar-refractivity contribution in [1.29, 1.82) is 0 Å². The highest BCUT2D eigenvalue weighted by Crippen LogP contribution is 2.19. The predicted octanol–water partition coefficient (Wildman–Crippen LogP) is 3.90. The first-order valence-corrected chi connectivity index (χ1v) is 10.2. The zero-order chi connectivity index (χ0) is 18.2. The number of aromatic nitrogens is 2. The minimum absolute atomic E-state index is 0.133. The van der Waals surface area contributed by atoms with E-state index < -0.39 is 0 Å². The van der Waals surface area contributed by atoms with Crippen LogP contribution < -0.4 is 10.6 Å². The van der Waals surface area contributed by atoms with Crippen LogP contribution in [0.5, 0.6) is 0 Å². The summed E-state index contributed by atoms with van der Waals surface area (Å²) in [4.78, 5) is 20.3. The third-order valence-corrected chi connectivity index (χ3v) is 4.84. The van der Waals surface area contributed by atoms with Gasteiger partial charge in [-0.3, -0.25) is 0 Å². The van der Waals surface area contributed by atoms with Gasteiger partial charge in [0.2, 0.25) is 0 Å². The number of nitrogens with one attached hydrogen (secondary N) is 3. The Hall–Kier alpha value is -2.47. The molecular weight excluding hydrogens is 344 g/mol. The summed E-state index contributed by atoms with van der Waals surface area (Å²) in [7, 11) is 0. The summed E-state index contributed by atoms with van der Waals surface area (Å²) in [6.45, 7) is 0.602. The maximum absolute atomic E-state index is 12.3. The van der Waals surface area contributed by atoms with Crippen molar-refractivity contribution in [2.45, 2.75) is 18.9 Å². The Morgan fingerprint density at radius 3 is 2.69 bits per heavy atom. The highest BCUT2D eigenvalue weighted by atomic mass is 32.2. The van der Waals surface area contributed by atoms with Crippen molar-refractivity contribution < 1.29 is 4.79 Å². The van der Waals surface area contributed by atoms with Crippen LogP contribution in [0.2, 0.25) is 0 Å². The first-order valence-electron chi connectivity index (χ1n) is 8.78. The first-order chi connectivity index (χ1) is 12.8. The minimum atomic E-state index is -0.160. The van der Waals surface area contributed by atoms with E-state index in [1.165, 1.54) is 5.56 Å². The smallest absolute Gasteiger partial charge is 0.315 e. The Morgan fingerprint density at radius 2 is 1.92 bits per heavy atom. The molecule has 136 valence electrons. The molecule has 2 aromatic carbocycles. The average molecular weight is 369 g/mol. The van der Waals surface area contributed by atoms with E-state index in [1.807, 2.05) is 42.5 Å². The fourth-order valence-electron chi connectivity index (χ4n) is 2.82. The van der Waals surface area contributed by atoms with Crippen LogP contribution in [0.1, 0.15) is 23.9 Å². The molecule has 0 fully saturated rings. The van der Waals surface area contributed by atoms with Gasteiger partial charge in [0, 0.05) is 6.54 Å². The number of amides is 2. The van der Waals surface area contributed by atoms with Crippen LogP contribution in [-0.2, 0) is 6.42 Å². The molecule has 0 saturated carbocycles. The fraction of sp³-hybridized carbons (Fsp3) is 0.300. The molecule has 0 aliphatic rings. The van der Waals surface area contributed by atoms with Gasteiger partial charge in [0.25, 0.3) is 0 Å². The molecule has 1 aromatic heterocycles. The Bertz CT molecular complexity index is 801. The van der Waals surface area contributed by atoms with E-state index in [0.717, 1.165) is 35.5 Å². The summed E-state index contributed by atoms with van der Waals surface area (Å²) >= 11 is 1.76. The first kappa shape index (κ1) is 18.3. The molecule has 1 atom stereocenters. The summed E-state index contributed by atoms with van der Waals surface area (Å²) in [5.74, 6) is 1.75. The van der Waals surface area contributed by atoms with Crippen LogP contribution in [0.25, 0.3) is 11.0 Å². The third-order valence-electron chi connectivity index (χ3n) is 4.20. The van der Waals surface area contributed by atoms with Gasteiger partial charge in [-0.2, -0.15) is 11.8 Å². The monoisotopic (exact) mass is 368 g/mol. The molecule has 0 bridgehead atoms. The van der Waals surface area contributed by atoms with E-state index in [4.69, 9.17) is 0 Å². The lowest BCUT2D eigenvalue weighted by Crippen LogP contribution is -2.39. The van der Waals surface area contributed by atoms with Crippen molar-refractivity contribution in [2.75, 3.05) is 18.6 Å². The zero-order valence-electron chi connectivity index (χ0n) is 14.9. The predicted molar refractivity (Wildman–Crippen MR) is 109 cm³/mol.